The molecule has 1 nitrogen and oxygen atoms in total. The maximum Gasteiger partial charge on any atom is 0.242 e. The van der Waals surface area contributed by atoms with E-state index in [4.69, 9.17) is 4.43 Å². The van der Waals surface area contributed by atoms with Gasteiger partial charge in [0.2, 0.25) is 8.32 Å². The van der Waals surface area contributed by atoms with Crippen LogP contribution in [0.25, 0.3) is 0 Å². The quantitative estimate of drug-likeness (QED) is 0.730. The van der Waals surface area contributed by atoms with Crippen molar-refractivity contribution in [3.63, 3.8) is 0 Å². The predicted octanol–water partition coefficient (Wildman–Crippen LogP) is 3.97. The Morgan fingerprint density at radius 3 is 2.38 bits per heavy atom. The van der Waals surface area contributed by atoms with Gasteiger partial charge >= 0.3 is 0 Å². The molecule has 0 unspecified atom stereocenters. The molecule has 72 valence electrons. The van der Waals surface area contributed by atoms with Gasteiger partial charge in [-0.1, -0.05) is 22.0 Å². The molecule has 0 spiro atoms. The first-order valence-electron chi connectivity index (χ1n) is 4.34. The Morgan fingerprint density at radius 1 is 1.23 bits per heavy atom. The van der Waals surface area contributed by atoms with Crippen molar-refractivity contribution in [1.82, 2.24) is 0 Å². The zero-order valence-electron chi connectivity index (χ0n) is 8.52. The molecule has 1 rings (SSSR count). The smallest absolute Gasteiger partial charge is 0.242 e. The van der Waals surface area contributed by atoms with E-state index in [9.17, 15) is 0 Å². The van der Waals surface area contributed by atoms with Gasteiger partial charge in [0, 0.05) is 10.0 Å². The molecule has 0 fully saturated rings. The third kappa shape index (κ3) is 3.16. The largest absolute Gasteiger partial charge is 0.544 e. The molecule has 1 aromatic rings. The van der Waals surface area contributed by atoms with Crippen molar-refractivity contribution >= 4 is 24.2 Å². The molecule has 0 N–H and O–H groups in total. The van der Waals surface area contributed by atoms with Crippen LogP contribution in [0.2, 0.25) is 19.6 Å². The van der Waals surface area contributed by atoms with Crippen LogP contribution in [0.15, 0.2) is 22.7 Å². The van der Waals surface area contributed by atoms with Gasteiger partial charge in [-0.05, 0) is 38.7 Å². The summed E-state index contributed by atoms with van der Waals surface area (Å²) in [7, 11) is -1.47. The highest BCUT2D eigenvalue weighted by Gasteiger charge is 2.17. The number of halogens is 1. The van der Waals surface area contributed by atoms with E-state index in [0.29, 0.717) is 0 Å². The lowest BCUT2D eigenvalue weighted by Crippen LogP contribution is -2.29. The van der Waals surface area contributed by atoms with Crippen LogP contribution in [0.4, 0.5) is 0 Å². The molecule has 0 atom stereocenters. The molecule has 0 aromatic heterocycles. The van der Waals surface area contributed by atoms with Gasteiger partial charge in [0.1, 0.15) is 5.75 Å². The molecular formula is C10H15BrOSi. The van der Waals surface area contributed by atoms with Gasteiger partial charge in [0.25, 0.3) is 0 Å². The summed E-state index contributed by atoms with van der Waals surface area (Å²) in [6.07, 6.45) is 0. The second-order valence-corrected chi connectivity index (χ2v) is 9.36. The maximum absolute atomic E-state index is 5.92. The molecule has 0 radical (unpaired) electrons. The molecule has 0 bridgehead atoms. The Hall–Kier alpha value is -0.283. The van der Waals surface area contributed by atoms with Gasteiger partial charge < -0.3 is 4.43 Å². The van der Waals surface area contributed by atoms with Crippen LogP contribution in [0.5, 0.6) is 5.75 Å². The van der Waals surface area contributed by atoms with E-state index < -0.39 is 8.32 Å². The van der Waals surface area contributed by atoms with Gasteiger partial charge in [0.15, 0.2) is 0 Å². The van der Waals surface area contributed by atoms with Crippen molar-refractivity contribution in [1.29, 1.82) is 0 Å². The highest BCUT2D eigenvalue weighted by Crippen LogP contribution is 2.27. The van der Waals surface area contributed by atoms with E-state index in [1.54, 1.807) is 0 Å². The standard InChI is InChI=1S/C10H15BrOSi/c1-8-9(11)6-5-7-10(8)12-13(2,3)4/h5-7H,1-4H3. The number of hydrogen-bond donors (Lipinski definition) is 0. The first kappa shape index (κ1) is 10.8. The molecule has 0 heterocycles. The minimum Gasteiger partial charge on any atom is -0.544 e. The molecule has 0 amide bonds. The zero-order chi connectivity index (χ0) is 10.1. The molecule has 0 saturated carbocycles. The van der Waals surface area contributed by atoms with Crippen molar-refractivity contribution in [3.8, 4) is 5.75 Å². The van der Waals surface area contributed by atoms with E-state index in [1.165, 1.54) is 5.56 Å². The Balaban J connectivity index is 2.96. The normalized spacial score (nSPS) is 11.5. The maximum atomic E-state index is 5.92. The van der Waals surface area contributed by atoms with Gasteiger partial charge in [-0.2, -0.15) is 0 Å². The SMILES string of the molecule is Cc1c(Br)cccc1O[Si](C)(C)C. The third-order valence-electron chi connectivity index (χ3n) is 1.63. The van der Waals surface area contributed by atoms with Gasteiger partial charge in [-0.3, -0.25) is 0 Å². The second kappa shape index (κ2) is 3.84. The Morgan fingerprint density at radius 2 is 1.85 bits per heavy atom. The fourth-order valence-corrected chi connectivity index (χ4v) is 2.26. The predicted molar refractivity (Wildman–Crippen MR) is 62.9 cm³/mol. The topological polar surface area (TPSA) is 9.23 Å². The van der Waals surface area contributed by atoms with E-state index >= 15 is 0 Å². The lowest BCUT2D eigenvalue weighted by Gasteiger charge is -2.21. The molecule has 1 aromatic carbocycles. The lowest BCUT2D eigenvalue weighted by atomic mass is 10.2. The van der Waals surface area contributed by atoms with Crippen molar-refractivity contribution in [2.75, 3.05) is 0 Å². The molecule has 0 aliphatic carbocycles. The van der Waals surface area contributed by atoms with Crippen LogP contribution in [-0.4, -0.2) is 8.32 Å². The highest BCUT2D eigenvalue weighted by molar-refractivity contribution is 9.10. The highest BCUT2D eigenvalue weighted by atomic mass is 79.9. The minimum absolute atomic E-state index is 1.01. The Kier molecular flexibility index (Phi) is 3.19. The zero-order valence-corrected chi connectivity index (χ0v) is 11.1. The fourth-order valence-electron chi connectivity index (χ4n) is 1.03. The van der Waals surface area contributed by atoms with E-state index in [2.05, 4.69) is 42.5 Å². The van der Waals surface area contributed by atoms with Crippen LogP contribution >= 0.6 is 15.9 Å². The monoisotopic (exact) mass is 258 g/mol. The Bertz CT molecular complexity index is 304. The summed E-state index contributed by atoms with van der Waals surface area (Å²) in [5.41, 5.74) is 1.19. The van der Waals surface area contributed by atoms with Crippen LogP contribution < -0.4 is 4.43 Å². The van der Waals surface area contributed by atoms with Crippen LogP contribution in [0, 0.1) is 6.92 Å². The Labute approximate surface area is 89.4 Å². The van der Waals surface area contributed by atoms with Gasteiger partial charge in [-0.25, -0.2) is 0 Å². The average Bonchev–Trinajstić information content (AvgIpc) is 1.96. The lowest BCUT2D eigenvalue weighted by molar-refractivity contribution is 0.552. The average molecular weight is 259 g/mol. The molecule has 0 saturated heterocycles. The summed E-state index contributed by atoms with van der Waals surface area (Å²) in [5, 5.41) is 0. The number of rotatable bonds is 2. The van der Waals surface area contributed by atoms with Crippen molar-refractivity contribution in [3.05, 3.63) is 28.2 Å². The van der Waals surface area contributed by atoms with Crippen molar-refractivity contribution in [2.45, 2.75) is 26.6 Å². The van der Waals surface area contributed by atoms with Crippen LogP contribution in [0.3, 0.4) is 0 Å². The summed E-state index contributed by atoms with van der Waals surface area (Å²) in [6, 6.07) is 6.07. The summed E-state index contributed by atoms with van der Waals surface area (Å²) >= 11 is 3.49. The van der Waals surface area contributed by atoms with Crippen LogP contribution in [-0.2, 0) is 0 Å². The van der Waals surface area contributed by atoms with Crippen molar-refractivity contribution < 1.29 is 4.43 Å². The minimum atomic E-state index is -1.47. The number of benzene rings is 1. The molecule has 3 heteroatoms. The number of hydrogen-bond acceptors (Lipinski definition) is 1. The molecule has 0 aliphatic rings. The van der Waals surface area contributed by atoms with Gasteiger partial charge in [0.05, 0.1) is 0 Å². The van der Waals surface area contributed by atoms with Crippen LogP contribution in [0.1, 0.15) is 5.56 Å². The fraction of sp³-hybridized carbons (Fsp3) is 0.400. The summed E-state index contributed by atoms with van der Waals surface area (Å²) in [5.74, 6) is 1.01. The summed E-state index contributed by atoms with van der Waals surface area (Å²) in [4.78, 5) is 0. The molecule has 0 aliphatic heterocycles. The van der Waals surface area contributed by atoms with E-state index in [-0.39, 0.29) is 0 Å². The third-order valence-corrected chi connectivity index (χ3v) is 3.33. The van der Waals surface area contributed by atoms with Gasteiger partial charge in [-0.15, -0.1) is 0 Å². The first-order valence-corrected chi connectivity index (χ1v) is 8.54. The van der Waals surface area contributed by atoms with E-state index in [0.717, 1.165) is 10.2 Å². The van der Waals surface area contributed by atoms with Crippen molar-refractivity contribution in [2.24, 2.45) is 0 Å². The summed E-state index contributed by atoms with van der Waals surface area (Å²) in [6.45, 7) is 8.63. The molecule has 13 heavy (non-hydrogen) atoms. The molecular weight excluding hydrogens is 244 g/mol. The second-order valence-electron chi connectivity index (χ2n) is 4.08. The summed E-state index contributed by atoms with van der Waals surface area (Å²) < 4.78 is 7.04. The first-order chi connectivity index (χ1) is 5.90. The van der Waals surface area contributed by atoms with E-state index in [1.807, 2.05) is 18.2 Å².